The smallest absolute Gasteiger partial charge is 0.159 e. The zero-order valence-electron chi connectivity index (χ0n) is 10.8. The van der Waals surface area contributed by atoms with Gasteiger partial charge < -0.3 is 5.32 Å². The minimum atomic E-state index is -0.791. The second-order valence-electron chi connectivity index (χ2n) is 6.01. The monoisotopic (exact) mass is 239 g/mol. The molecule has 1 aromatic rings. The van der Waals surface area contributed by atoms with Crippen molar-refractivity contribution in [2.24, 2.45) is 10.8 Å². The van der Waals surface area contributed by atoms with Gasteiger partial charge in [0.2, 0.25) is 0 Å². The highest BCUT2D eigenvalue weighted by Gasteiger charge is 2.64. The summed E-state index contributed by atoms with van der Waals surface area (Å²) in [6.07, 6.45) is 0. The first kappa shape index (κ1) is 12.5. The van der Waals surface area contributed by atoms with Crippen LogP contribution in [0.2, 0.25) is 0 Å². The molecule has 0 unspecified atom stereocenters. The van der Waals surface area contributed by atoms with Crippen LogP contribution in [0.1, 0.15) is 33.3 Å². The molecule has 1 saturated carbocycles. The summed E-state index contributed by atoms with van der Waals surface area (Å²) in [5.41, 5.74) is 1.29. The van der Waals surface area contributed by atoms with Crippen LogP contribution in [0, 0.1) is 22.5 Å². The molecule has 94 valence electrons. The van der Waals surface area contributed by atoms with Gasteiger partial charge in [-0.15, -0.1) is 0 Å². The van der Waals surface area contributed by atoms with E-state index >= 15 is 0 Å². The van der Waals surface area contributed by atoms with Crippen molar-refractivity contribution in [1.82, 2.24) is 5.32 Å². The minimum Gasteiger partial charge on any atom is -0.309 e. The molecule has 1 aliphatic rings. The van der Waals surface area contributed by atoms with Gasteiger partial charge in [-0.1, -0.05) is 33.8 Å². The van der Waals surface area contributed by atoms with Gasteiger partial charge in [0.05, 0.1) is 0 Å². The molecule has 3 heteroatoms. The Labute approximate surface area is 101 Å². The highest BCUT2D eigenvalue weighted by Crippen LogP contribution is 2.62. The lowest BCUT2D eigenvalue weighted by atomic mass is 10.0. The topological polar surface area (TPSA) is 12.0 Å². The molecule has 1 aromatic carbocycles. The lowest BCUT2D eigenvalue weighted by molar-refractivity contribution is 0.457. The lowest BCUT2D eigenvalue weighted by Gasteiger charge is -2.07. The van der Waals surface area contributed by atoms with E-state index in [0.29, 0.717) is 12.6 Å². The van der Waals surface area contributed by atoms with Crippen molar-refractivity contribution >= 4 is 0 Å². The summed E-state index contributed by atoms with van der Waals surface area (Å²) in [4.78, 5) is 0. The highest BCUT2D eigenvalue weighted by molar-refractivity contribution is 5.21. The van der Waals surface area contributed by atoms with E-state index in [1.165, 1.54) is 12.1 Å². The summed E-state index contributed by atoms with van der Waals surface area (Å²) in [5.74, 6) is -1.57. The molecule has 1 fully saturated rings. The maximum Gasteiger partial charge on any atom is 0.159 e. The molecule has 0 heterocycles. The molecule has 1 nitrogen and oxygen atoms in total. The summed E-state index contributed by atoms with van der Waals surface area (Å²) < 4.78 is 25.8. The Hall–Kier alpha value is -0.960. The Bertz CT molecular complexity index is 424. The maximum absolute atomic E-state index is 13.0. The predicted molar refractivity (Wildman–Crippen MR) is 64.5 cm³/mol. The maximum atomic E-state index is 13.0. The fourth-order valence-electron chi connectivity index (χ4n) is 2.58. The van der Waals surface area contributed by atoms with E-state index in [0.717, 1.165) is 5.56 Å². The number of halogens is 2. The molecule has 0 amide bonds. The van der Waals surface area contributed by atoms with Crippen LogP contribution < -0.4 is 5.32 Å². The Kier molecular flexibility index (Phi) is 2.77. The van der Waals surface area contributed by atoms with Crippen LogP contribution in [-0.4, -0.2) is 6.04 Å². The minimum absolute atomic E-state index is 0.256. The second kappa shape index (κ2) is 3.77. The molecule has 0 bridgehead atoms. The van der Waals surface area contributed by atoms with Gasteiger partial charge in [0.15, 0.2) is 11.6 Å². The van der Waals surface area contributed by atoms with Crippen molar-refractivity contribution in [3.8, 4) is 0 Å². The van der Waals surface area contributed by atoms with Gasteiger partial charge in [-0.2, -0.15) is 0 Å². The number of nitrogens with one attached hydrogen (secondary N) is 1. The van der Waals surface area contributed by atoms with Crippen LogP contribution in [0.3, 0.4) is 0 Å². The normalized spacial score (nSPS) is 21.5. The first-order valence-electron chi connectivity index (χ1n) is 5.94. The first-order valence-corrected chi connectivity index (χ1v) is 5.94. The molecule has 0 spiro atoms. The van der Waals surface area contributed by atoms with Crippen LogP contribution in [-0.2, 0) is 6.54 Å². The average molecular weight is 239 g/mol. The van der Waals surface area contributed by atoms with Crippen LogP contribution in [0.5, 0.6) is 0 Å². The average Bonchev–Trinajstić information content (AvgIpc) is 2.61. The summed E-state index contributed by atoms with van der Waals surface area (Å²) in [6, 6.07) is 4.47. The molecule has 17 heavy (non-hydrogen) atoms. The predicted octanol–water partition coefficient (Wildman–Crippen LogP) is 3.49. The van der Waals surface area contributed by atoms with Gasteiger partial charge in [-0.05, 0) is 28.5 Å². The molecule has 2 rings (SSSR count). The van der Waals surface area contributed by atoms with Gasteiger partial charge in [-0.25, -0.2) is 8.78 Å². The van der Waals surface area contributed by atoms with E-state index in [9.17, 15) is 8.78 Å². The third kappa shape index (κ3) is 1.97. The fraction of sp³-hybridized carbons (Fsp3) is 0.571. The number of benzene rings is 1. The van der Waals surface area contributed by atoms with Crippen molar-refractivity contribution in [3.63, 3.8) is 0 Å². The molecule has 0 atom stereocenters. The van der Waals surface area contributed by atoms with Gasteiger partial charge in [-0.3, -0.25) is 0 Å². The first-order chi connectivity index (χ1) is 7.76. The summed E-state index contributed by atoms with van der Waals surface area (Å²) in [7, 11) is 0. The van der Waals surface area contributed by atoms with Crippen LogP contribution in [0.25, 0.3) is 0 Å². The number of rotatable bonds is 3. The van der Waals surface area contributed by atoms with E-state index in [1.54, 1.807) is 6.07 Å². The molecule has 0 aromatic heterocycles. The van der Waals surface area contributed by atoms with Crippen LogP contribution in [0.15, 0.2) is 18.2 Å². The summed E-state index contributed by atoms with van der Waals surface area (Å²) in [5, 5.41) is 3.41. The molecule has 1 N–H and O–H groups in total. The summed E-state index contributed by atoms with van der Waals surface area (Å²) >= 11 is 0. The Morgan fingerprint density at radius 3 is 2.12 bits per heavy atom. The standard InChI is InChI=1S/C14H19F2N/c1-13(2)12(14(13,3)4)17-8-9-5-6-10(15)11(16)7-9/h5-7,12,17H,8H2,1-4H3. The molecule has 1 aliphatic carbocycles. The van der Waals surface area contributed by atoms with Crippen LogP contribution in [0.4, 0.5) is 8.78 Å². The quantitative estimate of drug-likeness (QED) is 0.851. The fourth-order valence-corrected chi connectivity index (χ4v) is 2.58. The molecule has 0 radical (unpaired) electrons. The molecule has 0 saturated heterocycles. The SMILES string of the molecule is CC1(C)C(NCc2ccc(F)c(F)c2)C1(C)C. The van der Waals surface area contributed by atoms with Crippen LogP contribution >= 0.6 is 0 Å². The molecular formula is C14H19F2N. The molecular weight excluding hydrogens is 220 g/mol. The Morgan fingerprint density at radius 2 is 1.65 bits per heavy atom. The third-order valence-corrected chi connectivity index (χ3v) is 4.52. The highest BCUT2D eigenvalue weighted by atomic mass is 19.2. The van der Waals surface area contributed by atoms with Crippen molar-refractivity contribution in [2.75, 3.05) is 0 Å². The van der Waals surface area contributed by atoms with E-state index in [-0.39, 0.29) is 10.8 Å². The Morgan fingerprint density at radius 1 is 1.06 bits per heavy atom. The van der Waals surface area contributed by atoms with E-state index < -0.39 is 11.6 Å². The third-order valence-electron chi connectivity index (χ3n) is 4.52. The van der Waals surface area contributed by atoms with Crippen molar-refractivity contribution in [2.45, 2.75) is 40.3 Å². The van der Waals surface area contributed by atoms with E-state index in [1.807, 2.05) is 0 Å². The van der Waals surface area contributed by atoms with Crippen molar-refractivity contribution in [1.29, 1.82) is 0 Å². The number of hydrogen-bond donors (Lipinski definition) is 1. The zero-order chi connectivity index (χ0) is 12.8. The number of hydrogen-bond acceptors (Lipinski definition) is 1. The van der Waals surface area contributed by atoms with Crippen molar-refractivity contribution < 1.29 is 8.78 Å². The Balaban J connectivity index is 1.98. The van der Waals surface area contributed by atoms with Crippen molar-refractivity contribution in [3.05, 3.63) is 35.4 Å². The summed E-state index contributed by atoms with van der Waals surface area (Å²) in [6.45, 7) is 9.45. The van der Waals surface area contributed by atoms with Gasteiger partial charge in [0.1, 0.15) is 0 Å². The second-order valence-corrected chi connectivity index (χ2v) is 6.01. The lowest BCUT2D eigenvalue weighted by Crippen LogP contribution is -2.21. The largest absolute Gasteiger partial charge is 0.309 e. The van der Waals surface area contributed by atoms with E-state index in [4.69, 9.17) is 0 Å². The zero-order valence-corrected chi connectivity index (χ0v) is 10.8. The van der Waals surface area contributed by atoms with Gasteiger partial charge in [0.25, 0.3) is 0 Å². The molecule has 0 aliphatic heterocycles. The van der Waals surface area contributed by atoms with Gasteiger partial charge >= 0.3 is 0 Å². The van der Waals surface area contributed by atoms with Gasteiger partial charge in [0, 0.05) is 12.6 Å². The van der Waals surface area contributed by atoms with E-state index in [2.05, 4.69) is 33.0 Å².